The molecular weight excluding hydrogens is 463 g/mol. The van der Waals surface area contributed by atoms with Crippen molar-refractivity contribution in [3.05, 3.63) is 87.4 Å². The highest BCUT2D eigenvalue weighted by Crippen LogP contribution is 2.34. The number of thiophene rings is 1. The average Bonchev–Trinajstić information content (AvgIpc) is 3.35. The number of amides is 2. The van der Waals surface area contributed by atoms with Gasteiger partial charge in [-0.15, -0.1) is 11.3 Å². The summed E-state index contributed by atoms with van der Waals surface area (Å²) in [5.74, 6) is -0.0226. The van der Waals surface area contributed by atoms with Gasteiger partial charge in [-0.2, -0.15) is 0 Å². The summed E-state index contributed by atoms with van der Waals surface area (Å²) in [6.45, 7) is 6.82. The van der Waals surface area contributed by atoms with Crippen LogP contribution in [-0.4, -0.2) is 47.4 Å². The monoisotopic (exact) mass is 494 g/mol. The number of rotatable bonds is 8. The molecule has 7 heteroatoms. The van der Waals surface area contributed by atoms with E-state index in [0.29, 0.717) is 25.1 Å². The van der Waals surface area contributed by atoms with Crippen LogP contribution in [0.5, 0.6) is 5.75 Å². The minimum atomic E-state index is -0.399. The zero-order valence-corrected chi connectivity index (χ0v) is 21.2. The van der Waals surface area contributed by atoms with Crippen LogP contribution >= 0.6 is 11.3 Å². The molecule has 0 fully saturated rings. The molecule has 1 aromatic heterocycles. The van der Waals surface area contributed by atoms with Gasteiger partial charge in [0.05, 0.1) is 6.04 Å². The number of halogens is 1. The zero-order valence-electron chi connectivity index (χ0n) is 20.4. The molecule has 35 heavy (non-hydrogen) atoms. The van der Waals surface area contributed by atoms with Crippen LogP contribution in [0.3, 0.4) is 0 Å². The molecule has 2 atom stereocenters. The Kier molecular flexibility index (Phi) is 7.86. The molecule has 0 radical (unpaired) electrons. The van der Waals surface area contributed by atoms with Crippen LogP contribution < -0.4 is 4.74 Å². The maximum absolute atomic E-state index is 13.6. The molecule has 4 rings (SSSR count). The van der Waals surface area contributed by atoms with Gasteiger partial charge < -0.3 is 14.5 Å². The second kappa shape index (κ2) is 11.0. The molecule has 0 saturated carbocycles. The van der Waals surface area contributed by atoms with Crippen molar-refractivity contribution in [2.24, 2.45) is 0 Å². The van der Waals surface area contributed by atoms with Crippen molar-refractivity contribution in [3.8, 4) is 5.75 Å². The van der Waals surface area contributed by atoms with Crippen LogP contribution in [0.25, 0.3) is 0 Å². The molecule has 0 bridgehead atoms. The molecule has 2 heterocycles. The largest absolute Gasteiger partial charge is 0.491 e. The Morgan fingerprint density at radius 3 is 2.54 bits per heavy atom. The number of carbonyl (C=O) groups excluding carboxylic acids is 2. The fourth-order valence-corrected chi connectivity index (χ4v) is 5.26. The summed E-state index contributed by atoms with van der Waals surface area (Å²) in [5.41, 5.74) is 2.64. The summed E-state index contributed by atoms with van der Waals surface area (Å²) in [7, 11) is 0. The third-order valence-electron chi connectivity index (χ3n) is 6.62. The third-order valence-corrected chi connectivity index (χ3v) is 7.62. The first-order valence-corrected chi connectivity index (χ1v) is 12.9. The van der Waals surface area contributed by atoms with Crippen LogP contribution in [0.4, 0.5) is 4.39 Å². The number of hydrogen-bond acceptors (Lipinski definition) is 4. The molecule has 0 aliphatic carbocycles. The van der Waals surface area contributed by atoms with Crippen molar-refractivity contribution in [1.29, 1.82) is 0 Å². The van der Waals surface area contributed by atoms with Gasteiger partial charge in [0, 0.05) is 23.0 Å². The van der Waals surface area contributed by atoms with Crippen LogP contribution in [0.1, 0.15) is 52.7 Å². The van der Waals surface area contributed by atoms with Gasteiger partial charge in [0.25, 0.3) is 5.91 Å². The Bertz CT molecular complexity index is 1160. The smallest absolute Gasteiger partial charge is 0.254 e. The molecule has 3 aromatic rings. The van der Waals surface area contributed by atoms with E-state index in [0.717, 1.165) is 23.3 Å². The molecule has 0 N–H and O–H groups in total. The standard InChI is InChI=1S/C28H31FN2O3S/c1-4-20(3)31(28(33)21-7-9-22(29)10-8-21)17-27(32)30-15-13-26-24(14-16-35-26)25(30)18-34-23-11-5-19(2)6-12-23/h5-12,14,16,20,25H,4,13,15,17-18H2,1-3H3/t20-,25-/m0/s1. The summed E-state index contributed by atoms with van der Waals surface area (Å²) in [5, 5.41) is 2.06. The minimum absolute atomic E-state index is 0.0360. The highest BCUT2D eigenvalue weighted by molar-refractivity contribution is 7.10. The molecule has 1 aliphatic heterocycles. The van der Waals surface area contributed by atoms with E-state index in [2.05, 4.69) is 11.4 Å². The highest BCUT2D eigenvalue weighted by atomic mass is 32.1. The van der Waals surface area contributed by atoms with E-state index in [1.165, 1.54) is 29.1 Å². The van der Waals surface area contributed by atoms with E-state index < -0.39 is 5.82 Å². The summed E-state index contributed by atoms with van der Waals surface area (Å²) >= 11 is 1.70. The number of fused-ring (bicyclic) bond motifs is 1. The van der Waals surface area contributed by atoms with Gasteiger partial charge in [0.2, 0.25) is 5.91 Å². The Hall–Kier alpha value is -3.19. The van der Waals surface area contributed by atoms with Gasteiger partial charge in [0.15, 0.2) is 0 Å². The Morgan fingerprint density at radius 2 is 1.86 bits per heavy atom. The maximum Gasteiger partial charge on any atom is 0.254 e. The lowest BCUT2D eigenvalue weighted by Crippen LogP contribution is -2.49. The average molecular weight is 495 g/mol. The number of benzene rings is 2. The van der Waals surface area contributed by atoms with Crippen molar-refractivity contribution in [2.75, 3.05) is 19.7 Å². The quantitative estimate of drug-likeness (QED) is 0.407. The number of aryl methyl sites for hydroxylation is 1. The van der Waals surface area contributed by atoms with E-state index in [-0.39, 0.29) is 30.4 Å². The highest BCUT2D eigenvalue weighted by Gasteiger charge is 2.34. The Balaban J connectivity index is 1.54. The fraction of sp³-hybridized carbons (Fsp3) is 0.357. The number of carbonyl (C=O) groups is 2. The summed E-state index contributed by atoms with van der Waals surface area (Å²) in [6.07, 6.45) is 1.49. The van der Waals surface area contributed by atoms with Gasteiger partial charge in [-0.3, -0.25) is 9.59 Å². The van der Waals surface area contributed by atoms with E-state index in [4.69, 9.17) is 4.74 Å². The SMILES string of the molecule is CC[C@H](C)N(CC(=O)N1CCc2sccc2[C@@H]1COc1ccc(C)cc1)C(=O)c1ccc(F)cc1. The molecule has 2 aromatic carbocycles. The van der Waals surface area contributed by atoms with Crippen LogP contribution in [0.15, 0.2) is 60.0 Å². The third kappa shape index (κ3) is 5.73. The first-order valence-electron chi connectivity index (χ1n) is 12.0. The Morgan fingerprint density at radius 1 is 1.14 bits per heavy atom. The number of ether oxygens (including phenoxy) is 1. The predicted molar refractivity (Wildman–Crippen MR) is 136 cm³/mol. The van der Waals surface area contributed by atoms with Crippen molar-refractivity contribution < 1.29 is 18.7 Å². The lowest BCUT2D eigenvalue weighted by Gasteiger charge is -2.38. The van der Waals surface area contributed by atoms with Crippen LogP contribution in [0.2, 0.25) is 0 Å². The van der Waals surface area contributed by atoms with Gasteiger partial charge in [-0.1, -0.05) is 24.6 Å². The fourth-order valence-electron chi connectivity index (χ4n) is 4.33. The van der Waals surface area contributed by atoms with E-state index in [1.807, 2.05) is 49.9 Å². The maximum atomic E-state index is 13.6. The zero-order chi connectivity index (χ0) is 24.9. The predicted octanol–water partition coefficient (Wildman–Crippen LogP) is 5.64. The molecule has 0 spiro atoms. The van der Waals surface area contributed by atoms with E-state index >= 15 is 0 Å². The van der Waals surface area contributed by atoms with E-state index in [1.54, 1.807) is 16.2 Å². The van der Waals surface area contributed by atoms with Crippen molar-refractivity contribution in [3.63, 3.8) is 0 Å². The van der Waals surface area contributed by atoms with Gasteiger partial charge >= 0.3 is 0 Å². The summed E-state index contributed by atoms with van der Waals surface area (Å²) < 4.78 is 19.5. The summed E-state index contributed by atoms with van der Waals surface area (Å²) in [4.78, 5) is 31.6. The first kappa shape index (κ1) is 24.9. The molecular formula is C28H31FN2O3S. The van der Waals surface area contributed by atoms with Crippen molar-refractivity contribution in [2.45, 2.75) is 45.7 Å². The molecule has 1 aliphatic rings. The van der Waals surface area contributed by atoms with E-state index in [9.17, 15) is 14.0 Å². The van der Waals surface area contributed by atoms with Gasteiger partial charge in [0.1, 0.15) is 24.7 Å². The lowest BCUT2D eigenvalue weighted by atomic mass is 10.00. The molecule has 0 saturated heterocycles. The topological polar surface area (TPSA) is 49.9 Å². The number of hydrogen-bond donors (Lipinski definition) is 0. The van der Waals surface area contributed by atoms with Gasteiger partial charge in [-0.25, -0.2) is 4.39 Å². The van der Waals surface area contributed by atoms with Crippen LogP contribution in [-0.2, 0) is 11.2 Å². The second-order valence-electron chi connectivity index (χ2n) is 8.97. The second-order valence-corrected chi connectivity index (χ2v) is 9.97. The van der Waals surface area contributed by atoms with Crippen LogP contribution in [0, 0.1) is 12.7 Å². The first-order chi connectivity index (χ1) is 16.9. The molecule has 2 amide bonds. The van der Waals surface area contributed by atoms with Gasteiger partial charge in [-0.05, 0) is 80.1 Å². The molecule has 0 unspecified atom stereocenters. The molecule has 5 nitrogen and oxygen atoms in total. The minimum Gasteiger partial charge on any atom is -0.491 e. The Labute approximate surface area is 210 Å². The molecule has 184 valence electrons. The lowest BCUT2D eigenvalue weighted by molar-refractivity contribution is -0.136. The van der Waals surface area contributed by atoms with Crippen molar-refractivity contribution >= 4 is 23.2 Å². The summed E-state index contributed by atoms with van der Waals surface area (Å²) in [6, 6.07) is 15.0. The number of nitrogens with zero attached hydrogens (tertiary/aromatic N) is 2. The van der Waals surface area contributed by atoms with Crippen molar-refractivity contribution in [1.82, 2.24) is 9.80 Å². The normalized spacial score (nSPS) is 15.9.